The van der Waals surface area contributed by atoms with Gasteiger partial charge in [0.15, 0.2) is 6.10 Å². The summed E-state index contributed by atoms with van der Waals surface area (Å²) in [6, 6.07) is 0. The monoisotopic (exact) mass is 1140 g/mol. The summed E-state index contributed by atoms with van der Waals surface area (Å²) in [6.45, 7) is 6.31. The van der Waals surface area contributed by atoms with Crippen molar-refractivity contribution in [1.29, 1.82) is 0 Å². The second kappa shape index (κ2) is 69.3. The first kappa shape index (κ1) is 77.8. The van der Waals surface area contributed by atoms with Crippen molar-refractivity contribution in [2.75, 3.05) is 13.2 Å². The van der Waals surface area contributed by atoms with Gasteiger partial charge < -0.3 is 14.2 Å². The van der Waals surface area contributed by atoms with E-state index >= 15 is 0 Å². The van der Waals surface area contributed by atoms with Crippen molar-refractivity contribution in [3.8, 4) is 0 Å². The predicted octanol–water partition coefficient (Wildman–Crippen LogP) is 23.4. The Kier molecular flexibility index (Phi) is 64.9. The third-order valence-electron chi connectivity index (χ3n) is 13.7. The van der Waals surface area contributed by atoms with Gasteiger partial charge in [-0.05, 0) is 135 Å². The Balaban J connectivity index is 4.13. The molecular weight excluding hydrogens is 1020 g/mol. The van der Waals surface area contributed by atoms with Gasteiger partial charge in [-0.3, -0.25) is 14.4 Å². The summed E-state index contributed by atoms with van der Waals surface area (Å²) in [7, 11) is 0. The molecule has 0 bridgehead atoms. The lowest BCUT2D eigenvalue weighted by atomic mass is 10.0. The highest BCUT2D eigenvalue weighted by Gasteiger charge is 2.19. The van der Waals surface area contributed by atoms with Crippen LogP contribution in [0.15, 0.2) is 170 Å². The van der Waals surface area contributed by atoms with Crippen LogP contribution in [0.5, 0.6) is 0 Å². The largest absolute Gasteiger partial charge is 0.462 e. The van der Waals surface area contributed by atoms with Crippen molar-refractivity contribution >= 4 is 17.9 Å². The number of esters is 3. The number of hydrogen-bond acceptors (Lipinski definition) is 6. The molecule has 1 atom stereocenters. The number of hydrogen-bond donors (Lipinski definition) is 0. The highest BCUT2D eigenvalue weighted by atomic mass is 16.6. The molecule has 6 nitrogen and oxygen atoms in total. The van der Waals surface area contributed by atoms with Gasteiger partial charge in [-0.2, -0.15) is 0 Å². The minimum absolute atomic E-state index is 0.0918. The van der Waals surface area contributed by atoms with Gasteiger partial charge in [-0.15, -0.1) is 0 Å². The minimum atomic E-state index is -0.793. The molecule has 0 aliphatic carbocycles. The predicted molar refractivity (Wildman–Crippen MR) is 361 cm³/mol. The number of ether oxygens (including phenoxy) is 3. The van der Waals surface area contributed by atoms with Gasteiger partial charge in [0.25, 0.3) is 0 Å². The summed E-state index contributed by atoms with van der Waals surface area (Å²) in [4.78, 5) is 38.0. The number of carbonyl (C=O) groups is 3. The van der Waals surface area contributed by atoms with Crippen LogP contribution in [0, 0.1) is 0 Å². The standard InChI is InChI=1S/C77H122O6/c1-4-7-10-13-15-17-19-21-23-25-27-29-31-33-35-36-37-38-39-40-42-43-45-47-49-51-53-55-57-59-61-64-67-70-76(79)82-73-74(72-81-75(78)69-66-63-12-9-6-3)83-77(80)71-68-65-62-60-58-56-54-52-50-48-46-44-41-34-32-30-28-26-24-22-20-18-16-14-11-8-5-2/h7-8,10-11,15-18,21-24,27-30,33-35,37-38,40-42,45,47,51,53,74H,4-6,9,12-14,19-20,25-26,31-32,36,39,43-44,46,48-50,52,54-73H2,1-3H3/b10-7-,11-8-,17-15-,18-16-,23-21-,24-22-,29-27-,30-28-,35-33-,38-37-,41-34-,42-40-,47-45-,53-51-. The van der Waals surface area contributed by atoms with E-state index in [9.17, 15) is 14.4 Å². The average molecular weight is 1140 g/mol. The van der Waals surface area contributed by atoms with E-state index < -0.39 is 6.10 Å². The van der Waals surface area contributed by atoms with E-state index in [4.69, 9.17) is 14.2 Å². The summed E-state index contributed by atoms with van der Waals surface area (Å²) in [5.41, 5.74) is 0. The second-order valence-corrected chi connectivity index (χ2v) is 21.6. The molecule has 6 heteroatoms. The van der Waals surface area contributed by atoms with Crippen LogP contribution in [0.2, 0.25) is 0 Å². The van der Waals surface area contributed by atoms with Crippen LogP contribution >= 0.6 is 0 Å². The molecular formula is C77H122O6. The summed E-state index contributed by atoms with van der Waals surface area (Å²) >= 11 is 0. The molecule has 0 amide bonds. The average Bonchev–Trinajstić information content (AvgIpc) is 3.49. The summed E-state index contributed by atoms with van der Waals surface area (Å²) < 4.78 is 16.8. The van der Waals surface area contributed by atoms with Gasteiger partial charge in [0.2, 0.25) is 0 Å². The minimum Gasteiger partial charge on any atom is -0.462 e. The zero-order valence-electron chi connectivity index (χ0n) is 53.4. The molecule has 466 valence electrons. The molecule has 0 spiro atoms. The second-order valence-electron chi connectivity index (χ2n) is 21.6. The molecule has 0 aliphatic heterocycles. The fourth-order valence-electron chi connectivity index (χ4n) is 8.76. The first-order valence-corrected chi connectivity index (χ1v) is 33.6. The molecule has 0 heterocycles. The molecule has 1 unspecified atom stereocenters. The van der Waals surface area contributed by atoms with E-state index in [2.05, 4.69) is 191 Å². The van der Waals surface area contributed by atoms with Crippen molar-refractivity contribution < 1.29 is 28.6 Å². The third-order valence-corrected chi connectivity index (χ3v) is 13.7. The van der Waals surface area contributed by atoms with Crippen LogP contribution < -0.4 is 0 Å². The fourth-order valence-corrected chi connectivity index (χ4v) is 8.76. The Labute approximate surface area is 511 Å². The third kappa shape index (κ3) is 67.4. The number of unbranched alkanes of at least 4 members (excludes halogenated alkanes) is 20. The molecule has 0 saturated carbocycles. The summed E-state index contributed by atoms with van der Waals surface area (Å²) in [6.07, 6.45) is 103. The molecule has 83 heavy (non-hydrogen) atoms. The van der Waals surface area contributed by atoms with E-state index in [-0.39, 0.29) is 31.1 Å². The summed E-state index contributed by atoms with van der Waals surface area (Å²) in [5, 5.41) is 0. The lowest BCUT2D eigenvalue weighted by Gasteiger charge is -2.18. The van der Waals surface area contributed by atoms with Crippen molar-refractivity contribution in [3.63, 3.8) is 0 Å². The van der Waals surface area contributed by atoms with Gasteiger partial charge >= 0.3 is 17.9 Å². The molecule has 0 aromatic rings. The zero-order valence-corrected chi connectivity index (χ0v) is 53.4. The topological polar surface area (TPSA) is 78.9 Å². The Hall–Kier alpha value is -5.23. The molecule has 0 N–H and O–H groups in total. The van der Waals surface area contributed by atoms with Crippen molar-refractivity contribution in [2.45, 2.75) is 284 Å². The first-order valence-electron chi connectivity index (χ1n) is 33.6. The van der Waals surface area contributed by atoms with Crippen LogP contribution in [0.4, 0.5) is 0 Å². The highest BCUT2D eigenvalue weighted by molar-refractivity contribution is 5.71. The highest BCUT2D eigenvalue weighted by Crippen LogP contribution is 2.15. The molecule has 0 aromatic heterocycles. The van der Waals surface area contributed by atoms with E-state index in [1.54, 1.807) is 0 Å². The quantitative estimate of drug-likeness (QED) is 0.0261. The van der Waals surface area contributed by atoms with Crippen LogP contribution in [-0.4, -0.2) is 37.2 Å². The van der Waals surface area contributed by atoms with Crippen molar-refractivity contribution in [1.82, 2.24) is 0 Å². The summed E-state index contributed by atoms with van der Waals surface area (Å²) in [5.74, 6) is -0.932. The Bertz CT molecular complexity index is 1890. The van der Waals surface area contributed by atoms with Crippen molar-refractivity contribution in [3.05, 3.63) is 170 Å². The van der Waals surface area contributed by atoms with Crippen LogP contribution in [0.1, 0.15) is 278 Å². The molecule has 0 fully saturated rings. The van der Waals surface area contributed by atoms with Crippen LogP contribution in [-0.2, 0) is 28.6 Å². The maximum Gasteiger partial charge on any atom is 0.306 e. The number of rotatable bonds is 59. The molecule has 0 aliphatic rings. The van der Waals surface area contributed by atoms with E-state index in [0.717, 1.165) is 180 Å². The Morgan fingerprint density at radius 2 is 0.470 bits per heavy atom. The van der Waals surface area contributed by atoms with Gasteiger partial charge in [-0.1, -0.05) is 294 Å². The van der Waals surface area contributed by atoms with Crippen molar-refractivity contribution in [2.24, 2.45) is 0 Å². The zero-order chi connectivity index (χ0) is 59.9. The SMILES string of the molecule is CC/C=C\C/C=C\C/C=C\C/C=C\C/C=C\C/C=C\C/C=C\C/C=C\C/C=C\CCCCCCCC(=O)OCC(COC(=O)CCCCCCC)OC(=O)CCCCCCCCCCCCC/C=C\C/C=C\C/C=C\C/C=C\C/C=C\CC. The number of carbonyl (C=O) groups excluding carboxylic acids is 3. The van der Waals surface area contributed by atoms with Crippen LogP contribution in [0.25, 0.3) is 0 Å². The smallest absolute Gasteiger partial charge is 0.306 e. The van der Waals surface area contributed by atoms with Crippen LogP contribution in [0.3, 0.4) is 0 Å². The Morgan fingerprint density at radius 3 is 0.735 bits per heavy atom. The van der Waals surface area contributed by atoms with Gasteiger partial charge in [0.05, 0.1) is 0 Å². The Morgan fingerprint density at radius 1 is 0.253 bits per heavy atom. The van der Waals surface area contributed by atoms with E-state index in [1.165, 1.54) is 57.8 Å². The lowest BCUT2D eigenvalue weighted by molar-refractivity contribution is -0.167. The molecule has 0 radical (unpaired) electrons. The van der Waals surface area contributed by atoms with E-state index in [0.29, 0.717) is 19.3 Å². The number of allylic oxidation sites excluding steroid dienone is 28. The fraction of sp³-hybridized carbons (Fsp3) is 0.597. The van der Waals surface area contributed by atoms with Gasteiger partial charge in [0, 0.05) is 19.3 Å². The molecule has 0 aromatic carbocycles. The van der Waals surface area contributed by atoms with E-state index in [1.807, 2.05) is 0 Å². The lowest BCUT2D eigenvalue weighted by Crippen LogP contribution is -2.30. The molecule has 0 saturated heterocycles. The normalized spacial score (nSPS) is 13.2. The first-order chi connectivity index (χ1) is 41.0. The molecule has 0 rings (SSSR count). The maximum atomic E-state index is 12.9. The maximum absolute atomic E-state index is 12.9. The van der Waals surface area contributed by atoms with Gasteiger partial charge in [-0.25, -0.2) is 0 Å². The van der Waals surface area contributed by atoms with Gasteiger partial charge in [0.1, 0.15) is 13.2 Å².